The zero-order valence-corrected chi connectivity index (χ0v) is 17.8. The normalized spacial score (nSPS) is 11.7. The number of amides is 1. The molecule has 0 aromatic heterocycles. The highest BCUT2D eigenvalue weighted by Gasteiger charge is 2.21. The summed E-state index contributed by atoms with van der Waals surface area (Å²) < 4.78 is 14.8. The lowest BCUT2D eigenvalue weighted by atomic mass is 9.95. The lowest BCUT2D eigenvalue weighted by molar-refractivity contribution is -0.128. The number of hydrogen-bond acceptors (Lipinski definition) is 2. The number of nitrogens with one attached hydrogen (secondary N) is 1. The first-order valence-corrected chi connectivity index (χ1v) is 9.56. The van der Waals surface area contributed by atoms with E-state index in [1.165, 1.54) is 42.5 Å². The number of halogens is 4. The van der Waals surface area contributed by atoms with Crippen molar-refractivity contribution in [3.8, 4) is 0 Å². The van der Waals surface area contributed by atoms with Crippen LogP contribution >= 0.6 is 34.8 Å². The van der Waals surface area contributed by atoms with Gasteiger partial charge in [0.1, 0.15) is 5.82 Å². The van der Waals surface area contributed by atoms with Gasteiger partial charge in [-0.25, -0.2) is 4.39 Å². The van der Waals surface area contributed by atoms with Crippen molar-refractivity contribution >= 4 is 52.6 Å². The van der Waals surface area contributed by atoms with Gasteiger partial charge in [-0.05, 0) is 36.4 Å². The fourth-order valence-corrected chi connectivity index (χ4v) is 2.76. The highest BCUT2D eigenvalue weighted by atomic mass is 35.5. The molecule has 2 rings (SSSR count). The molecule has 0 aliphatic heterocycles. The van der Waals surface area contributed by atoms with Crippen molar-refractivity contribution in [3.63, 3.8) is 0 Å². The van der Waals surface area contributed by atoms with Gasteiger partial charge < -0.3 is 5.32 Å². The summed E-state index contributed by atoms with van der Waals surface area (Å²) in [6.07, 6.45) is 2.51. The molecule has 0 radical (unpaired) electrons. The molecule has 3 nitrogen and oxygen atoms in total. The van der Waals surface area contributed by atoms with Crippen LogP contribution in [0.15, 0.2) is 36.4 Å². The number of rotatable bonds is 5. The molecule has 2 aromatic rings. The quantitative estimate of drug-likeness (QED) is 0.433. The molecule has 0 spiro atoms. The number of allylic oxidation sites excluding steroid dienone is 1. The van der Waals surface area contributed by atoms with Crippen LogP contribution in [-0.2, 0) is 11.3 Å². The minimum atomic E-state index is -0.597. The Labute approximate surface area is 178 Å². The average molecular weight is 443 g/mol. The predicted molar refractivity (Wildman–Crippen MR) is 113 cm³/mol. The lowest BCUT2D eigenvalue weighted by Crippen LogP contribution is -2.34. The highest BCUT2D eigenvalue weighted by molar-refractivity contribution is 6.42. The summed E-state index contributed by atoms with van der Waals surface area (Å²) in [5.74, 6) is -1.17. The van der Waals surface area contributed by atoms with Crippen molar-refractivity contribution in [3.05, 3.63) is 74.0 Å². The van der Waals surface area contributed by atoms with E-state index in [4.69, 9.17) is 34.8 Å². The molecular formula is C21H19Cl3FNO2. The molecule has 0 aliphatic carbocycles. The Bertz CT molecular complexity index is 949. The van der Waals surface area contributed by atoms with Gasteiger partial charge in [0.2, 0.25) is 5.91 Å². The number of ketones is 1. The molecule has 0 fully saturated rings. The Morgan fingerprint density at radius 2 is 1.68 bits per heavy atom. The van der Waals surface area contributed by atoms with Crippen LogP contribution in [0, 0.1) is 11.2 Å². The van der Waals surface area contributed by atoms with Gasteiger partial charge in [0.25, 0.3) is 0 Å². The standard InChI is InChI=1S/C21H19Cl3FNO2/c1-21(2,3)20(28)26-11-13-5-7-15(22)14(19(13)25)6-9-18(27)12-4-8-16(23)17(24)10-12/h4-10H,11H2,1-3H3,(H,26,28). The van der Waals surface area contributed by atoms with Crippen molar-refractivity contribution in [2.75, 3.05) is 0 Å². The van der Waals surface area contributed by atoms with E-state index in [0.717, 1.165) is 0 Å². The monoisotopic (exact) mass is 441 g/mol. The Kier molecular flexibility index (Phi) is 7.27. The maximum Gasteiger partial charge on any atom is 0.225 e. The molecule has 0 aliphatic rings. The second-order valence-corrected chi connectivity index (χ2v) is 8.41. The van der Waals surface area contributed by atoms with Crippen LogP contribution in [0.1, 0.15) is 42.3 Å². The Morgan fingerprint density at radius 1 is 1.04 bits per heavy atom. The SMILES string of the molecule is CC(C)(C)C(=O)NCc1ccc(Cl)c(C=CC(=O)c2ccc(Cl)c(Cl)c2)c1F. The summed E-state index contributed by atoms with van der Waals surface area (Å²) in [7, 11) is 0. The van der Waals surface area contributed by atoms with Gasteiger partial charge in [0, 0.05) is 28.7 Å². The summed E-state index contributed by atoms with van der Waals surface area (Å²) in [4.78, 5) is 24.3. The fourth-order valence-electron chi connectivity index (χ4n) is 2.25. The molecule has 0 saturated heterocycles. The second-order valence-electron chi connectivity index (χ2n) is 7.19. The van der Waals surface area contributed by atoms with Crippen LogP contribution in [-0.4, -0.2) is 11.7 Å². The van der Waals surface area contributed by atoms with E-state index in [1.54, 1.807) is 20.8 Å². The first-order valence-electron chi connectivity index (χ1n) is 8.43. The van der Waals surface area contributed by atoms with Gasteiger partial charge in [0.15, 0.2) is 5.78 Å². The van der Waals surface area contributed by atoms with Crippen LogP contribution in [0.25, 0.3) is 6.08 Å². The molecule has 7 heteroatoms. The molecule has 2 aromatic carbocycles. The van der Waals surface area contributed by atoms with Gasteiger partial charge in [-0.2, -0.15) is 0 Å². The van der Waals surface area contributed by atoms with Crippen molar-refractivity contribution in [1.82, 2.24) is 5.32 Å². The van der Waals surface area contributed by atoms with Crippen molar-refractivity contribution in [2.45, 2.75) is 27.3 Å². The predicted octanol–water partition coefficient (Wildman–Crippen LogP) is 6.34. The largest absolute Gasteiger partial charge is 0.351 e. The van der Waals surface area contributed by atoms with Crippen molar-refractivity contribution in [1.29, 1.82) is 0 Å². The molecular weight excluding hydrogens is 424 g/mol. The van der Waals surface area contributed by atoms with Crippen molar-refractivity contribution < 1.29 is 14.0 Å². The van der Waals surface area contributed by atoms with Crippen molar-refractivity contribution in [2.24, 2.45) is 5.41 Å². The third-order valence-corrected chi connectivity index (χ3v) is 5.00. The van der Waals surface area contributed by atoms with Gasteiger partial charge in [-0.3, -0.25) is 9.59 Å². The third kappa shape index (κ3) is 5.57. The van der Waals surface area contributed by atoms with Crippen LogP contribution < -0.4 is 5.32 Å². The van der Waals surface area contributed by atoms with E-state index >= 15 is 0 Å². The lowest BCUT2D eigenvalue weighted by Gasteiger charge is -2.18. The fraction of sp³-hybridized carbons (Fsp3) is 0.238. The Hall–Kier alpha value is -1.88. The van der Waals surface area contributed by atoms with Crippen LogP contribution in [0.5, 0.6) is 0 Å². The minimum Gasteiger partial charge on any atom is -0.351 e. The van der Waals surface area contributed by atoms with E-state index in [1.807, 2.05) is 0 Å². The number of carbonyl (C=O) groups excluding carboxylic acids is 2. The molecule has 0 saturated carbocycles. The molecule has 0 bridgehead atoms. The smallest absolute Gasteiger partial charge is 0.225 e. The summed E-state index contributed by atoms with van der Waals surface area (Å²) in [5, 5.41) is 3.43. The maximum atomic E-state index is 14.8. The topological polar surface area (TPSA) is 46.2 Å². The summed E-state index contributed by atoms with van der Waals surface area (Å²) in [5.41, 5.74) is 0.0646. The summed E-state index contributed by atoms with van der Waals surface area (Å²) in [6.45, 7) is 5.32. The second kappa shape index (κ2) is 9.08. The first-order chi connectivity index (χ1) is 13.0. The number of hydrogen-bond donors (Lipinski definition) is 1. The van der Waals surface area contributed by atoms with E-state index in [0.29, 0.717) is 10.6 Å². The molecule has 0 heterocycles. The molecule has 1 N–H and O–H groups in total. The van der Waals surface area contributed by atoms with Crippen LogP contribution in [0.4, 0.5) is 4.39 Å². The number of benzene rings is 2. The highest BCUT2D eigenvalue weighted by Crippen LogP contribution is 2.26. The van der Waals surface area contributed by atoms with E-state index in [2.05, 4.69) is 5.32 Å². The van der Waals surface area contributed by atoms with E-state index < -0.39 is 11.2 Å². The molecule has 0 atom stereocenters. The molecule has 148 valence electrons. The average Bonchev–Trinajstić information content (AvgIpc) is 2.61. The molecule has 1 amide bonds. The van der Waals surface area contributed by atoms with Crippen LogP contribution in [0.3, 0.4) is 0 Å². The van der Waals surface area contributed by atoms with Crippen LogP contribution in [0.2, 0.25) is 15.1 Å². The summed E-state index contributed by atoms with van der Waals surface area (Å²) in [6, 6.07) is 7.49. The zero-order chi connectivity index (χ0) is 21.1. The Morgan fingerprint density at radius 3 is 2.29 bits per heavy atom. The minimum absolute atomic E-state index is 0.0146. The maximum absolute atomic E-state index is 14.8. The van der Waals surface area contributed by atoms with E-state index in [-0.39, 0.29) is 39.4 Å². The molecule has 0 unspecified atom stereocenters. The first kappa shape index (κ1) is 22.4. The van der Waals surface area contributed by atoms with E-state index in [9.17, 15) is 14.0 Å². The van der Waals surface area contributed by atoms with Gasteiger partial charge in [-0.15, -0.1) is 0 Å². The third-order valence-electron chi connectivity index (χ3n) is 3.93. The Balaban J connectivity index is 2.23. The van der Waals surface area contributed by atoms with Gasteiger partial charge in [0.05, 0.1) is 15.1 Å². The molecule has 28 heavy (non-hydrogen) atoms. The van der Waals surface area contributed by atoms with Gasteiger partial charge in [-0.1, -0.05) is 61.6 Å². The zero-order valence-electron chi connectivity index (χ0n) is 15.6. The number of carbonyl (C=O) groups is 2. The van der Waals surface area contributed by atoms with Gasteiger partial charge >= 0.3 is 0 Å². The summed E-state index contributed by atoms with van der Waals surface area (Å²) >= 11 is 17.8.